The SMILES string of the molecule is CNc1cc(N2CCc3c(CN4CCC(N5CCC(CC6CCN(C(=O)c7cc(C)c(Cl)c(N8CCC(=O)NC8=O)c7)CC6)CC5)C(F)(F)C4)cccc32)nn2c(C(=O)N[C@@H]3CC[C@H]3OC)cnc12. The number of hydrogen-bond donors (Lipinski definition) is 3. The van der Waals surface area contributed by atoms with Crippen molar-refractivity contribution in [3.8, 4) is 0 Å². The Balaban J connectivity index is 0.713. The number of carbonyl (C=O) groups is 4. The van der Waals surface area contributed by atoms with Crippen LogP contribution in [0.1, 0.15) is 95.3 Å². The van der Waals surface area contributed by atoms with E-state index in [2.05, 4.69) is 38.0 Å². The van der Waals surface area contributed by atoms with E-state index in [-0.39, 0.29) is 49.4 Å². The van der Waals surface area contributed by atoms with Crippen LogP contribution in [0.5, 0.6) is 0 Å². The van der Waals surface area contributed by atoms with Crippen molar-refractivity contribution in [3.05, 3.63) is 75.6 Å². The number of fused-ring (bicyclic) bond motifs is 2. The third-order valence-electron chi connectivity index (χ3n) is 15.7. The summed E-state index contributed by atoms with van der Waals surface area (Å²) in [6.07, 6.45) is 9.21. The smallest absolute Gasteiger partial charge is 0.328 e. The van der Waals surface area contributed by atoms with Crippen molar-refractivity contribution >= 4 is 63.9 Å². The highest BCUT2D eigenvalue weighted by atomic mass is 35.5. The molecule has 0 radical (unpaired) electrons. The van der Waals surface area contributed by atoms with E-state index >= 15 is 8.78 Å². The zero-order chi connectivity index (χ0) is 48.1. The van der Waals surface area contributed by atoms with Crippen molar-refractivity contribution in [2.75, 3.05) is 81.6 Å². The number of imidazole rings is 1. The van der Waals surface area contributed by atoms with Gasteiger partial charge in [0.05, 0.1) is 47.3 Å². The second kappa shape index (κ2) is 19.4. The number of aromatic nitrogens is 3. The van der Waals surface area contributed by atoms with Gasteiger partial charge in [-0.2, -0.15) is 0 Å². The number of amides is 5. The predicted octanol–water partition coefficient (Wildman–Crippen LogP) is 6.64. The van der Waals surface area contributed by atoms with E-state index in [1.54, 1.807) is 36.9 Å². The second-order valence-electron chi connectivity index (χ2n) is 19.9. The van der Waals surface area contributed by atoms with Crippen LogP contribution in [0.3, 0.4) is 0 Å². The van der Waals surface area contributed by atoms with Gasteiger partial charge in [-0.15, -0.1) is 5.10 Å². The van der Waals surface area contributed by atoms with Crippen LogP contribution in [0.15, 0.2) is 42.6 Å². The third kappa shape index (κ3) is 9.36. The van der Waals surface area contributed by atoms with Crippen molar-refractivity contribution in [1.29, 1.82) is 0 Å². The Bertz CT molecular complexity index is 2630. The Morgan fingerprint density at radius 1 is 0.913 bits per heavy atom. The van der Waals surface area contributed by atoms with E-state index in [4.69, 9.17) is 21.4 Å². The zero-order valence-electron chi connectivity index (χ0n) is 39.6. The number of methoxy groups -OCH3 is 1. The summed E-state index contributed by atoms with van der Waals surface area (Å²) >= 11 is 6.59. The number of ether oxygens (including phenoxy) is 1. The number of nitrogens with one attached hydrogen (secondary N) is 3. The lowest BCUT2D eigenvalue weighted by Crippen LogP contribution is -2.59. The zero-order valence-corrected chi connectivity index (χ0v) is 40.4. The number of hydrogen-bond acceptors (Lipinski definition) is 11. The number of piperidine rings is 3. The van der Waals surface area contributed by atoms with E-state index in [1.165, 1.54) is 4.90 Å². The van der Waals surface area contributed by atoms with E-state index in [0.29, 0.717) is 103 Å². The summed E-state index contributed by atoms with van der Waals surface area (Å²) in [4.78, 5) is 65.3. The number of urea groups is 1. The minimum Gasteiger partial charge on any atom is -0.385 e. The Morgan fingerprint density at radius 3 is 2.36 bits per heavy atom. The second-order valence-corrected chi connectivity index (χ2v) is 20.3. The number of aryl methyl sites for hydroxylation is 1. The number of carbonyl (C=O) groups excluding carboxylic acids is 4. The van der Waals surface area contributed by atoms with Gasteiger partial charge in [0.25, 0.3) is 17.7 Å². The molecule has 4 saturated heterocycles. The lowest BCUT2D eigenvalue weighted by atomic mass is 9.82. The summed E-state index contributed by atoms with van der Waals surface area (Å²) < 4.78 is 39.5. The fraction of sp³-hybridized carbons (Fsp3) is 0.560. The Labute approximate surface area is 406 Å². The minimum atomic E-state index is -2.85. The van der Waals surface area contributed by atoms with Crippen molar-refractivity contribution in [3.63, 3.8) is 0 Å². The first-order valence-corrected chi connectivity index (χ1v) is 25.0. The lowest BCUT2D eigenvalue weighted by Gasteiger charge is -2.46. The summed E-state index contributed by atoms with van der Waals surface area (Å²) in [5.41, 5.74) is 6.35. The number of benzene rings is 2. The molecule has 5 fully saturated rings. The highest BCUT2D eigenvalue weighted by Crippen LogP contribution is 2.41. The van der Waals surface area contributed by atoms with Crippen LogP contribution < -0.4 is 25.8 Å². The molecule has 0 bridgehead atoms. The first-order valence-electron chi connectivity index (χ1n) is 24.6. The molecule has 7 heterocycles. The molecule has 5 amide bonds. The minimum absolute atomic E-state index is 0.00370. The fourth-order valence-corrected chi connectivity index (χ4v) is 11.9. The Kier molecular flexibility index (Phi) is 13.3. The molecular weight excluding hydrogens is 908 g/mol. The molecule has 10 rings (SSSR count). The number of halogens is 3. The fourth-order valence-electron chi connectivity index (χ4n) is 11.7. The molecule has 0 spiro atoms. The topological polar surface area (TPSA) is 160 Å². The molecule has 3 atom stereocenters. The molecule has 1 unspecified atom stereocenters. The first-order chi connectivity index (χ1) is 33.3. The van der Waals surface area contributed by atoms with Gasteiger partial charge in [0.2, 0.25) is 5.91 Å². The van der Waals surface area contributed by atoms with E-state index in [9.17, 15) is 19.2 Å². The van der Waals surface area contributed by atoms with Crippen LogP contribution in [0, 0.1) is 18.8 Å². The highest BCUT2D eigenvalue weighted by Gasteiger charge is 2.48. The molecule has 5 aliphatic heterocycles. The van der Waals surface area contributed by atoms with Crippen molar-refractivity contribution in [1.82, 2.24) is 39.9 Å². The van der Waals surface area contributed by atoms with Gasteiger partial charge in [-0.05, 0) is 125 Å². The van der Waals surface area contributed by atoms with Crippen LogP contribution in [-0.2, 0) is 22.5 Å². The maximum absolute atomic E-state index is 16.2. The molecule has 69 heavy (non-hydrogen) atoms. The molecule has 2 aromatic heterocycles. The van der Waals surface area contributed by atoms with Gasteiger partial charge in [-0.1, -0.05) is 23.7 Å². The van der Waals surface area contributed by atoms with Gasteiger partial charge >= 0.3 is 6.03 Å². The third-order valence-corrected chi connectivity index (χ3v) is 16.2. The highest BCUT2D eigenvalue weighted by molar-refractivity contribution is 6.35. The molecular formula is C50H62ClF2N11O5. The number of imide groups is 1. The molecule has 4 aromatic rings. The predicted molar refractivity (Wildman–Crippen MR) is 259 cm³/mol. The van der Waals surface area contributed by atoms with E-state index < -0.39 is 18.0 Å². The molecule has 1 aliphatic carbocycles. The first kappa shape index (κ1) is 47.3. The molecule has 6 aliphatic rings. The number of rotatable bonds is 12. The quantitative estimate of drug-likeness (QED) is 0.140. The average molecular weight is 971 g/mol. The summed E-state index contributed by atoms with van der Waals surface area (Å²) in [6.45, 7) is 6.00. The number of likely N-dealkylation sites (tertiary alicyclic amines) is 3. The maximum Gasteiger partial charge on any atom is 0.328 e. The van der Waals surface area contributed by atoms with Crippen molar-refractivity contribution in [2.45, 2.75) is 102 Å². The van der Waals surface area contributed by atoms with Crippen LogP contribution >= 0.6 is 11.6 Å². The summed E-state index contributed by atoms with van der Waals surface area (Å²) in [5.74, 6) is -1.95. The van der Waals surface area contributed by atoms with Gasteiger partial charge in [-0.3, -0.25) is 34.4 Å². The molecule has 1 saturated carbocycles. The molecule has 19 heteroatoms. The van der Waals surface area contributed by atoms with Gasteiger partial charge < -0.3 is 25.2 Å². The Hall–Kier alpha value is -5.43. The monoisotopic (exact) mass is 969 g/mol. The largest absolute Gasteiger partial charge is 0.385 e. The van der Waals surface area contributed by atoms with Gasteiger partial charge in [0.1, 0.15) is 0 Å². The van der Waals surface area contributed by atoms with Gasteiger partial charge in [-0.25, -0.2) is 23.1 Å². The average Bonchev–Trinajstić information content (AvgIpc) is 3.97. The molecule has 3 N–H and O–H groups in total. The van der Waals surface area contributed by atoms with Crippen LogP contribution in [-0.4, -0.2) is 144 Å². The number of anilines is 4. The summed E-state index contributed by atoms with van der Waals surface area (Å²) in [6, 6.07) is 10.1. The normalized spacial score (nSPS) is 23.8. The maximum atomic E-state index is 16.2. The van der Waals surface area contributed by atoms with Crippen molar-refractivity contribution in [2.24, 2.45) is 11.8 Å². The number of alkyl halides is 2. The lowest BCUT2D eigenvalue weighted by molar-refractivity contribution is -0.134. The molecule has 368 valence electrons. The van der Waals surface area contributed by atoms with Crippen molar-refractivity contribution < 1.29 is 32.7 Å². The van der Waals surface area contributed by atoms with E-state index in [0.717, 1.165) is 73.9 Å². The molecule has 16 nitrogen and oxygen atoms in total. The number of nitrogens with zero attached hydrogens (tertiary/aromatic N) is 8. The van der Waals surface area contributed by atoms with Gasteiger partial charge in [0, 0.05) is 77.2 Å². The van der Waals surface area contributed by atoms with Gasteiger partial charge in [0.15, 0.2) is 17.2 Å². The standard InChI is InChI=1S/C50H62ClF2N11O5/c1-30-23-34(25-39(45(30)51)63-22-15-44(65)57-49(63)68)48(67)61-19-11-32(12-20-61)24-31-9-17-60(18-10-31)42-14-16-59(29-50(42,52)53)28-33-5-4-6-38-35(33)13-21-62(38)43-26-37(54-2)46-55-27-40(64(46)58-43)47(66)56-36-7-8-41(36)69-3/h4-6,23,25-27,31-32,36,41-42,54H,7-22,24,28-29H2,1-3H3,(H,56,66)(H,57,65,68)/t36-,41-,42?/m1/s1. The summed E-state index contributed by atoms with van der Waals surface area (Å²) in [5, 5.41) is 13.9. The van der Waals surface area contributed by atoms with Crippen LogP contribution in [0.2, 0.25) is 5.02 Å². The van der Waals surface area contributed by atoms with Crippen LogP contribution in [0.25, 0.3) is 5.65 Å². The molecule has 2 aromatic carbocycles. The van der Waals surface area contributed by atoms with E-state index in [1.807, 2.05) is 33.9 Å². The summed E-state index contributed by atoms with van der Waals surface area (Å²) in [7, 11) is 3.47. The Morgan fingerprint density at radius 2 is 1.67 bits per heavy atom. The van der Waals surface area contributed by atoms with Crippen LogP contribution in [0.4, 0.5) is 36.5 Å².